The minimum atomic E-state index is 0.0734. The van der Waals surface area contributed by atoms with E-state index >= 15 is 0 Å². The van der Waals surface area contributed by atoms with Gasteiger partial charge in [-0.25, -0.2) is 0 Å². The summed E-state index contributed by atoms with van der Waals surface area (Å²) in [7, 11) is 0. The molecule has 0 spiro atoms. The van der Waals surface area contributed by atoms with E-state index in [-0.39, 0.29) is 6.04 Å². The van der Waals surface area contributed by atoms with Crippen molar-refractivity contribution in [3.05, 3.63) is 102 Å². The third kappa shape index (κ3) is 5.32. The van der Waals surface area contributed by atoms with Crippen LogP contribution >= 0.6 is 0 Å². The monoisotopic (exact) mass is 397 g/mol. The molecule has 0 amide bonds. The Morgan fingerprint density at radius 2 is 1.57 bits per heavy atom. The van der Waals surface area contributed by atoms with E-state index in [0.29, 0.717) is 18.4 Å². The van der Waals surface area contributed by atoms with Crippen molar-refractivity contribution >= 4 is 17.5 Å². The van der Waals surface area contributed by atoms with E-state index in [1.54, 1.807) is 6.20 Å². The first-order chi connectivity index (χ1) is 14.8. The first kappa shape index (κ1) is 19.4. The van der Waals surface area contributed by atoms with Crippen molar-refractivity contribution in [2.24, 2.45) is 0 Å². The molecule has 3 aromatic carbocycles. The van der Waals surface area contributed by atoms with Crippen molar-refractivity contribution in [2.75, 3.05) is 10.6 Å². The second-order valence-corrected chi connectivity index (χ2v) is 6.87. The van der Waals surface area contributed by atoms with Gasteiger partial charge in [-0.2, -0.15) is 10.1 Å². The second-order valence-electron chi connectivity index (χ2n) is 6.87. The average molecular weight is 397 g/mol. The SMILES string of the molecule is CC(Nc1nncc(Nc2ccc(OCc3ccccc3)cc2)n1)c1ccccc1. The van der Waals surface area contributed by atoms with Crippen LogP contribution in [0.1, 0.15) is 24.1 Å². The Kier molecular flexibility index (Phi) is 6.15. The quantitative estimate of drug-likeness (QED) is 0.417. The van der Waals surface area contributed by atoms with Gasteiger partial charge in [-0.1, -0.05) is 60.7 Å². The largest absolute Gasteiger partial charge is 0.489 e. The molecule has 0 fully saturated rings. The van der Waals surface area contributed by atoms with Gasteiger partial charge in [-0.15, -0.1) is 5.10 Å². The minimum Gasteiger partial charge on any atom is -0.489 e. The second kappa shape index (κ2) is 9.52. The van der Waals surface area contributed by atoms with Crippen LogP contribution in [0, 0.1) is 0 Å². The Hall–Kier alpha value is -3.93. The summed E-state index contributed by atoms with van der Waals surface area (Å²) in [5.41, 5.74) is 3.19. The maximum atomic E-state index is 5.83. The number of aromatic nitrogens is 3. The van der Waals surface area contributed by atoms with Crippen LogP contribution in [0.15, 0.2) is 91.1 Å². The molecule has 30 heavy (non-hydrogen) atoms. The fraction of sp³-hybridized carbons (Fsp3) is 0.125. The summed E-state index contributed by atoms with van der Waals surface area (Å²) >= 11 is 0. The first-order valence-corrected chi connectivity index (χ1v) is 9.81. The summed E-state index contributed by atoms with van der Waals surface area (Å²) in [6, 6.07) is 28.1. The van der Waals surface area contributed by atoms with Gasteiger partial charge in [0, 0.05) is 5.69 Å². The summed E-state index contributed by atoms with van der Waals surface area (Å²) in [5.74, 6) is 1.90. The number of rotatable bonds is 8. The molecule has 1 atom stereocenters. The molecule has 6 nitrogen and oxygen atoms in total. The van der Waals surface area contributed by atoms with Crippen LogP contribution in [-0.4, -0.2) is 15.2 Å². The lowest BCUT2D eigenvalue weighted by Crippen LogP contribution is -2.10. The predicted octanol–water partition coefficient (Wildman–Crippen LogP) is 5.37. The third-order valence-corrected chi connectivity index (χ3v) is 4.58. The fourth-order valence-electron chi connectivity index (χ4n) is 2.97. The summed E-state index contributed by atoms with van der Waals surface area (Å²) in [6.45, 7) is 2.60. The maximum absolute atomic E-state index is 5.83. The molecular weight excluding hydrogens is 374 g/mol. The number of nitrogens with zero attached hydrogens (tertiary/aromatic N) is 3. The molecule has 1 heterocycles. The van der Waals surface area contributed by atoms with Gasteiger partial charge in [0.15, 0.2) is 5.82 Å². The molecular formula is C24H23N5O. The molecule has 0 radical (unpaired) electrons. The standard InChI is InChI=1S/C24H23N5O/c1-18(20-10-6-3-7-11-20)26-24-28-23(16-25-29-24)27-21-12-14-22(15-13-21)30-17-19-8-4-2-5-9-19/h2-16,18H,17H2,1H3,(H2,26,27,28,29). The average Bonchev–Trinajstić information content (AvgIpc) is 2.80. The summed E-state index contributed by atoms with van der Waals surface area (Å²) in [4.78, 5) is 4.50. The smallest absolute Gasteiger partial charge is 0.245 e. The Labute approximate surface area is 176 Å². The molecule has 0 aliphatic rings. The zero-order valence-electron chi connectivity index (χ0n) is 16.7. The van der Waals surface area contributed by atoms with E-state index in [0.717, 1.165) is 22.6 Å². The number of hydrogen-bond acceptors (Lipinski definition) is 6. The Balaban J connectivity index is 1.35. The van der Waals surface area contributed by atoms with E-state index in [4.69, 9.17) is 4.74 Å². The van der Waals surface area contributed by atoms with Gasteiger partial charge in [-0.3, -0.25) is 0 Å². The molecule has 1 aromatic heterocycles. The van der Waals surface area contributed by atoms with Gasteiger partial charge in [0.25, 0.3) is 0 Å². The van der Waals surface area contributed by atoms with Crippen LogP contribution in [0.2, 0.25) is 0 Å². The number of nitrogens with one attached hydrogen (secondary N) is 2. The van der Waals surface area contributed by atoms with Crippen molar-refractivity contribution in [3.63, 3.8) is 0 Å². The van der Waals surface area contributed by atoms with Gasteiger partial charge < -0.3 is 15.4 Å². The Morgan fingerprint density at radius 3 is 2.30 bits per heavy atom. The minimum absolute atomic E-state index is 0.0734. The third-order valence-electron chi connectivity index (χ3n) is 4.58. The van der Waals surface area contributed by atoms with E-state index in [2.05, 4.69) is 44.9 Å². The summed E-state index contributed by atoms with van der Waals surface area (Å²) < 4.78 is 5.83. The Morgan fingerprint density at radius 1 is 0.867 bits per heavy atom. The van der Waals surface area contributed by atoms with Crippen LogP contribution in [-0.2, 0) is 6.61 Å². The van der Waals surface area contributed by atoms with Crippen molar-refractivity contribution in [2.45, 2.75) is 19.6 Å². The highest BCUT2D eigenvalue weighted by molar-refractivity contribution is 5.57. The maximum Gasteiger partial charge on any atom is 0.245 e. The number of hydrogen-bond donors (Lipinski definition) is 2. The van der Waals surface area contributed by atoms with Crippen LogP contribution in [0.25, 0.3) is 0 Å². The fourth-order valence-corrected chi connectivity index (χ4v) is 2.97. The van der Waals surface area contributed by atoms with Crippen LogP contribution in [0.5, 0.6) is 5.75 Å². The van der Waals surface area contributed by atoms with E-state index in [1.165, 1.54) is 0 Å². The van der Waals surface area contributed by atoms with Crippen molar-refractivity contribution in [1.82, 2.24) is 15.2 Å². The lowest BCUT2D eigenvalue weighted by molar-refractivity contribution is 0.306. The lowest BCUT2D eigenvalue weighted by atomic mass is 10.1. The molecule has 2 N–H and O–H groups in total. The predicted molar refractivity (Wildman–Crippen MR) is 119 cm³/mol. The van der Waals surface area contributed by atoms with E-state index in [1.807, 2.05) is 72.8 Å². The van der Waals surface area contributed by atoms with Crippen molar-refractivity contribution in [1.29, 1.82) is 0 Å². The van der Waals surface area contributed by atoms with E-state index in [9.17, 15) is 0 Å². The molecule has 150 valence electrons. The Bertz CT molecular complexity index is 1060. The van der Waals surface area contributed by atoms with Gasteiger partial charge in [-0.05, 0) is 42.3 Å². The highest BCUT2D eigenvalue weighted by atomic mass is 16.5. The van der Waals surface area contributed by atoms with Crippen molar-refractivity contribution < 1.29 is 4.74 Å². The highest BCUT2D eigenvalue weighted by Crippen LogP contribution is 2.21. The van der Waals surface area contributed by atoms with Crippen LogP contribution in [0.3, 0.4) is 0 Å². The van der Waals surface area contributed by atoms with Crippen LogP contribution < -0.4 is 15.4 Å². The summed E-state index contributed by atoms with van der Waals surface area (Å²) in [6.07, 6.45) is 1.60. The topological polar surface area (TPSA) is 72.0 Å². The zero-order valence-corrected chi connectivity index (χ0v) is 16.7. The molecule has 0 aliphatic carbocycles. The van der Waals surface area contributed by atoms with Crippen LogP contribution in [0.4, 0.5) is 17.5 Å². The van der Waals surface area contributed by atoms with Gasteiger partial charge in [0.2, 0.25) is 5.95 Å². The number of anilines is 3. The number of benzene rings is 3. The molecule has 0 bridgehead atoms. The molecule has 0 saturated carbocycles. The van der Waals surface area contributed by atoms with E-state index < -0.39 is 0 Å². The molecule has 6 heteroatoms. The van der Waals surface area contributed by atoms with Gasteiger partial charge in [0.05, 0.1) is 12.2 Å². The molecule has 4 rings (SSSR count). The lowest BCUT2D eigenvalue weighted by Gasteiger charge is -2.14. The molecule has 4 aromatic rings. The zero-order chi connectivity index (χ0) is 20.6. The molecule has 0 aliphatic heterocycles. The highest BCUT2D eigenvalue weighted by Gasteiger charge is 2.08. The summed E-state index contributed by atoms with van der Waals surface area (Å²) in [5, 5.41) is 14.7. The molecule has 1 unspecified atom stereocenters. The first-order valence-electron chi connectivity index (χ1n) is 9.81. The number of ether oxygens (including phenoxy) is 1. The van der Waals surface area contributed by atoms with Gasteiger partial charge in [0.1, 0.15) is 12.4 Å². The molecule has 0 saturated heterocycles. The van der Waals surface area contributed by atoms with Crippen molar-refractivity contribution in [3.8, 4) is 5.75 Å². The normalized spacial score (nSPS) is 11.5. The van der Waals surface area contributed by atoms with Gasteiger partial charge >= 0.3 is 0 Å².